The Morgan fingerprint density at radius 1 is 1.33 bits per heavy atom. The third kappa shape index (κ3) is 4.51. The van der Waals surface area contributed by atoms with E-state index < -0.39 is 5.97 Å². The van der Waals surface area contributed by atoms with Crippen LogP contribution in [-0.2, 0) is 0 Å². The lowest BCUT2D eigenvalue weighted by molar-refractivity contribution is 0.0702. The predicted molar refractivity (Wildman–Crippen MR) is 104 cm³/mol. The van der Waals surface area contributed by atoms with Gasteiger partial charge in [0.05, 0.1) is 19.3 Å². The van der Waals surface area contributed by atoms with E-state index in [-0.39, 0.29) is 4.88 Å². The third-order valence-corrected chi connectivity index (χ3v) is 5.32. The number of carbonyl (C=O) groups is 1. The van der Waals surface area contributed by atoms with Gasteiger partial charge < -0.3 is 15.3 Å². The highest BCUT2D eigenvalue weighted by Gasteiger charge is 2.21. The number of anilines is 3. The minimum Gasteiger partial charge on any atom is -0.477 e. The molecule has 1 saturated carbocycles. The van der Waals surface area contributed by atoms with Crippen LogP contribution in [0.25, 0.3) is 0 Å². The van der Waals surface area contributed by atoms with Crippen LogP contribution in [0.3, 0.4) is 0 Å². The van der Waals surface area contributed by atoms with E-state index in [2.05, 4.69) is 41.5 Å². The molecule has 142 valence electrons. The summed E-state index contributed by atoms with van der Waals surface area (Å²) in [7, 11) is 0. The Labute approximate surface area is 160 Å². The summed E-state index contributed by atoms with van der Waals surface area (Å²) in [5.41, 5.74) is 0. The van der Waals surface area contributed by atoms with E-state index in [0.717, 1.165) is 43.3 Å². The van der Waals surface area contributed by atoms with Crippen LogP contribution in [-0.4, -0.2) is 63.4 Å². The first-order chi connectivity index (χ1) is 13.1. The summed E-state index contributed by atoms with van der Waals surface area (Å²) < 4.78 is 0. The molecular weight excluding hydrogens is 366 g/mol. The number of nitrogens with one attached hydrogen (secondary N) is 1. The SMILES string of the molecule is Cc1nc(Nc2ncc(C(=O)O)s2)cc(N2CCN(N=CC3CC3)CC2)n1. The molecule has 9 nitrogen and oxygen atoms in total. The number of carboxylic acid groups (broad SMARTS) is 1. The molecule has 2 fully saturated rings. The molecule has 4 rings (SSSR count). The molecule has 1 aliphatic carbocycles. The Morgan fingerprint density at radius 3 is 2.78 bits per heavy atom. The summed E-state index contributed by atoms with van der Waals surface area (Å²) in [5, 5.41) is 19.3. The first-order valence-corrected chi connectivity index (χ1v) is 9.74. The van der Waals surface area contributed by atoms with E-state index in [1.807, 2.05) is 13.0 Å². The van der Waals surface area contributed by atoms with E-state index in [0.29, 0.717) is 22.7 Å². The van der Waals surface area contributed by atoms with Gasteiger partial charge in [-0.3, -0.25) is 5.01 Å². The highest BCUT2D eigenvalue weighted by Crippen LogP contribution is 2.27. The van der Waals surface area contributed by atoms with Crippen LogP contribution in [0, 0.1) is 12.8 Å². The lowest BCUT2D eigenvalue weighted by atomic mass is 10.3. The Morgan fingerprint density at radius 2 is 2.11 bits per heavy atom. The highest BCUT2D eigenvalue weighted by molar-refractivity contribution is 7.17. The zero-order valence-corrected chi connectivity index (χ0v) is 15.8. The molecule has 0 atom stereocenters. The smallest absolute Gasteiger partial charge is 0.347 e. The van der Waals surface area contributed by atoms with Crippen LogP contribution in [0.4, 0.5) is 16.8 Å². The van der Waals surface area contributed by atoms with E-state index >= 15 is 0 Å². The molecular formula is C17H21N7O2S. The van der Waals surface area contributed by atoms with Crippen molar-refractivity contribution in [3.05, 3.63) is 23.0 Å². The van der Waals surface area contributed by atoms with Crippen LogP contribution in [0.2, 0.25) is 0 Å². The number of aromatic nitrogens is 3. The standard InChI is InChI=1S/C17H21N7O2S/c1-11-20-14(22-17-18-10-13(27-17)16(25)26)8-15(21-11)23-4-6-24(7-5-23)19-9-12-2-3-12/h8-10,12H,2-7H2,1H3,(H,25,26)(H,18,20,21,22). The van der Waals surface area contributed by atoms with Crippen molar-refractivity contribution in [1.29, 1.82) is 0 Å². The van der Waals surface area contributed by atoms with Crippen molar-refractivity contribution < 1.29 is 9.90 Å². The number of piperazine rings is 1. The summed E-state index contributed by atoms with van der Waals surface area (Å²) in [4.78, 5) is 26.4. The lowest BCUT2D eigenvalue weighted by Crippen LogP contribution is -2.44. The molecule has 2 aliphatic rings. The van der Waals surface area contributed by atoms with Gasteiger partial charge >= 0.3 is 5.97 Å². The van der Waals surface area contributed by atoms with Gasteiger partial charge in [0, 0.05) is 25.4 Å². The second kappa shape index (κ2) is 7.47. The summed E-state index contributed by atoms with van der Waals surface area (Å²) >= 11 is 1.08. The molecule has 1 saturated heterocycles. The van der Waals surface area contributed by atoms with Crippen LogP contribution in [0.15, 0.2) is 17.4 Å². The molecule has 2 aromatic rings. The fourth-order valence-corrected chi connectivity index (χ4v) is 3.45. The largest absolute Gasteiger partial charge is 0.477 e. The Hall–Kier alpha value is -2.75. The zero-order valence-electron chi connectivity index (χ0n) is 15.0. The normalized spacial score (nSPS) is 17.5. The minimum atomic E-state index is -0.984. The maximum absolute atomic E-state index is 11.0. The van der Waals surface area contributed by atoms with Gasteiger partial charge in [-0.25, -0.2) is 19.7 Å². The van der Waals surface area contributed by atoms with Crippen molar-refractivity contribution in [2.24, 2.45) is 11.0 Å². The van der Waals surface area contributed by atoms with Crippen molar-refractivity contribution in [1.82, 2.24) is 20.0 Å². The maximum Gasteiger partial charge on any atom is 0.347 e. The molecule has 2 aromatic heterocycles. The van der Waals surface area contributed by atoms with Gasteiger partial charge in [0.2, 0.25) is 0 Å². The number of nitrogens with zero attached hydrogens (tertiary/aromatic N) is 6. The second-order valence-electron chi connectivity index (χ2n) is 6.66. The number of hydrogen-bond acceptors (Lipinski definition) is 9. The van der Waals surface area contributed by atoms with Crippen LogP contribution in [0.5, 0.6) is 0 Å². The van der Waals surface area contributed by atoms with Gasteiger partial charge in [0.15, 0.2) is 5.13 Å². The number of hydrogen-bond donors (Lipinski definition) is 2. The first kappa shape index (κ1) is 17.7. The summed E-state index contributed by atoms with van der Waals surface area (Å²) in [6.07, 6.45) is 5.95. The average Bonchev–Trinajstić information content (AvgIpc) is 3.36. The molecule has 27 heavy (non-hydrogen) atoms. The highest BCUT2D eigenvalue weighted by atomic mass is 32.1. The molecule has 0 bridgehead atoms. The number of aryl methyl sites for hydroxylation is 1. The van der Waals surface area contributed by atoms with Gasteiger partial charge in [-0.2, -0.15) is 5.10 Å². The van der Waals surface area contributed by atoms with Gasteiger partial charge in [-0.15, -0.1) is 0 Å². The first-order valence-electron chi connectivity index (χ1n) is 8.92. The molecule has 2 N–H and O–H groups in total. The third-order valence-electron chi connectivity index (χ3n) is 4.42. The summed E-state index contributed by atoms with van der Waals surface area (Å²) in [6, 6.07) is 1.87. The van der Waals surface area contributed by atoms with Gasteiger partial charge in [-0.05, 0) is 25.7 Å². The second-order valence-corrected chi connectivity index (χ2v) is 7.69. The molecule has 1 aliphatic heterocycles. The Bertz CT molecular complexity index is 857. The van der Waals surface area contributed by atoms with Gasteiger partial charge in [-0.1, -0.05) is 11.3 Å². The van der Waals surface area contributed by atoms with Crippen molar-refractivity contribution in [3.63, 3.8) is 0 Å². The van der Waals surface area contributed by atoms with Crippen LogP contribution < -0.4 is 10.2 Å². The topological polar surface area (TPSA) is 107 Å². The minimum absolute atomic E-state index is 0.186. The number of hydrazone groups is 1. The van der Waals surface area contributed by atoms with Crippen molar-refractivity contribution >= 4 is 40.3 Å². The van der Waals surface area contributed by atoms with E-state index in [9.17, 15) is 4.79 Å². The fraction of sp³-hybridized carbons (Fsp3) is 0.471. The van der Waals surface area contributed by atoms with Gasteiger partial charge in [0.1, 0.15) is 22.3 Å². The van der Waals surface area contributed by atoms with E-state index in [4.69, 9.17) is 5.11 Å². The zero-order chi connectivity index (χ0) is 18.8. The van der Waals surface area contributed by atoms with Crippen LogP contribution >= 0.6 is 11.3 Å². The Balaban J connectivity index is 1.41. The molecule has 0 spiro atoms. The molecule has 0 amide bonds. The van der Waals surface area contributed by atoms with E-state index in [1.54, 1.807) is 0 Å². The van der Waals surface area contributed by atoms with E-state index in [1.165, 1.54) is 19.0 Å². The molecule has 3 heterocycles. The predicted octanol–water partition coefficient (Wildman–Crippen LogP) is 2.20. The van der Waals surface area contributed by atoms with Crippen molar-refractivity contribution in [2.75, 3.05) is 36.4 Å². The van der Waals surface area contributed by atoms with Gasteiger partial charge in [0.25, 0.3) is 0 Å². The van der Waals surface area contributed by atoms with Crippen molar-refractivity contribution in [3.8, 4) is 0 Å². The molecule has 0 aromatic carbocycles. The van der Waals surface area contributed by atoms with Crippen molar-refractivity contribution in [2.45, 2.75) is 19.8 Å². The monoisotopic (exact) mass is 387 g/mol. The number of carboxylic acids is 1. The molecule has 10 heteroatoms. The molecule has 0 unspecified atom stereocenters. The summed E-state index contributed by atoms with van der Waals surface area (Å²) in [6.45, 7) is 5.26. The Kier molecular flexibility index (Phi) is 4.88. The quantitative estimate of drug-likeness (QED) is 0.727. The molecule has 0 radical (unpaired) electrons. The maximum atomic E-state index is 11.0. The number of rotatable bonds is 6. The average molecular weight is 387 g/mol. The number of thiazole rings is 1. The summed E-state index contributed by atoms with van der Waals surface area (Å²) in [5.74, 6) is 1.82. The fourth-order valence-electron chi connectivity index (χ4n) is 2.79. The van der Waals surface area contributed by atoms with Crippen LogP contribution in [0.1, 0.15) is 28.3 Å². The lowest BCUT2D eigenvalue weighted by Gasteiger charge is -2.34. The number of aromatic carboxylic acids is 1.